The van der Waals surface area contributed by atoms with Gasteiger partial charge in [-0.05, 0) is 24.3 Å². The molecule has 1 rings (SSSR count). The van der Waals surface area contributed by atoms with Crippen LogP contribution in [0.3, 0.4) is 0 Å². The molecule has 88 valence electrons. The maximum absolute atomic E-state index is 13.0. The van der Waals surface area contributed by atoms with E-state index in [4.69, 9.17) is 10.2 Å². The number of benzene rings is 1. The van der Waals surface area contributed by atoms with Gasteiger partial charge in [0.05, 0.1) is 5.75 Å². The van der Waals surface area contributed by atoms with Gasteiger partial charge in [-0.15, -0.1) is 11.8 Å². The summed E-state index contributed by atoms with van der Waals surface area (Å²) in [6.07, 6.45) is -1.17. The molecule has 1 aromatic carbocycles. The fourth-order valence-electron chi connectivity index (χ4n) is 1.00. The summed E-state index contributed by atoms with van der Waals surface area (Å²) < 4.78 is 26.0. The van der Waals surface area contributed by atoms with Crippen molar-refractivity contribution in [2.45, 2.75) is 17.2 Å². The lowest BCUT2D eigenvalue weighted by Crippen LogP contribution is -2.23. The Labute approximate surface area is 95.1 Å². The molecule has 0 fully saturated rings. The van der Waals surface area contributed by atoms with Crippen molar-refractivity contribution in [3.8, 4) is 5.75 Å². The zero-order valence-corrected chi connectivity index (χ0v) is 9.01. The average Bonchev–Trinajstić information content (AvgIpc) is 2.15. The summed E-state index contributed by atoms with van der Waals surface area (Å²) in [5.41, 5.74) is 0. The smallest absolute Gasteiger partial charge is 0.309 e. The highest BCUT2D eigenvalue weighted by Gasteiger charge is 2.32. The van der Waals surface area contributed by atoms with Crippen LogP contribution in [0.5, 0.6) is 5.75 Å². The van der Waals surface area contributed by atoms with Gasteiger partial charge < -0.3 is 10.2 Å². The van der Waals surface area contributed by atoms with Crippen molar-refractivity contribution < 1.29 is 23.8 Å². The molecular formula is C10H10F2O3S. The first-order valence-corrected chi connectivity index (χ1v) is 5.39. The van der Waals surface area contributed by atoms with Crippen LogP contribution in [0.2, 0.25) is 0 Å². The molecule has 0 atom stereocenters. The minimum Gasteiger partial charge on any atom is -0.508 e. The van der Waals surface area contributed by atoms with Gasteiger partial charge in [-0.25, -0.2) is 8.78 Å². The molecule has 2 N–H and O–H groups in total. The van der Waals surface area contributed by atoms with Gasteiger partial charge in [0.25, 0.3) is 5.92 Å². The predicted octanol–water partition coefficient (Wildman–Crippen LogP) is 2.59. The minimum atomic E-state index is -3.23. The average molecular weight is 248 g/mol. The molecule has 16 heavy (non-hydrogen) atoms. The fourth-order valence-corrected chi connectivity index (χ4v) is 1.81. The summed E-state index contributed by atoms with van der Waals surface area (Å²) in [6, 6.07) is 5.77. The van der Waals surface area contributed by atoms with Crippen molar-refractivity contribution in [2.24, 2.45) is 0 Å². The molecule has 0 heterocycles. The third-order valence-corrected chi connectivity index (χ3v) is 2.87. The summed E-state index contributed by atoms with van der Waals surface area (Å²) in [5, 5.41) is 17.2. The molecular weight excluding hydrogens is 238 g/mol. The Morgan fingerprint density at radius 3 is 2.38 bits per heavy atom. The van der Waals surface area contributed by atoms with E-state index in [9.17, 15) is 13.6 Å². The number of carbonyl (C=O) groups is 1. The zero-order valence-electron chi connectivity index (χ0n) is 8.19. The summed E-state index contributed by atoms with van der Waals surface area (Å²) >= 11 is 0.854. The van der Waals surface area contributed by atoms with Gasteiger partial charge >= 0.3 is 5.97 Å². The van der Waals surface area contributed by atoms with Gasteiger partial charge in [-0.3, -0.25) is 4.79 Å². The Hall–Kier alpha value is -1.30. The quantitative estimate of drug-likeness (QED) is 0.786. The number of carboxylic acid groups (broad SMARTS) is 1. The van der Waals surface area contributed by atoms with E-state index in [1.54, 1.807) is 0 Å². The Kier molecular flexibility index (Phi) is 4.12. The number of thioether (sulfide) groups is 1. The van der Waals surface area contributed by atoms with Crippen LogP contribution in [-0.4, -0.2) is 27.9 Å². The number of hydrogen-bond donors (Lipinski definition) is 2. The second kappa shape index (κ2) is 5.16. The molecule has 0 bridgehead atoms. The van der Waals surface area contributed by atoms with Gasteiger partial charge in [0.1, 0.15) is 12.2 Å². The van der Waals surface area contributed by atoms with E-state index in [2.05, 4.69) is 0 Å². The second-order valence-corrected chi connectivity index (χ2v) is 4.26. The number of hydrogen-bond acceptors (Lipinski definition) is 3. The summed E-state index contributed by atoms with van der Waals surface area (Å²) in [6.45, 7) is 0. The maximum Gasteiger partial charge on any atom is 0.309 e. The van der Waals surface area contributed by atoms with Crippen LogP contribution >= 0.6 is 11.8 Å². The molecule has 0 unspecified atom stereocenters. The van der Waals surface area contributed by atoms with Gasteiger partial charge in [-0.2, -0.15) is 0 Å². The first-order valence-electron chi connectivity index (χ1n) is 4.40. The molecule has 6 heteroatoms. The number of halogens is 2. The van der Waals surface area contributed by atoms with Gasteiger partial charge in [0, 0.05) is 4.90 Å². The minimum absolute atomic E-state index is 0.0571. The Morgan fingerprint density at radius 2 is 1.88 bits per heavy atom. The van der Waals surface area contributed by atoms with Gasteiger partial charge in [-0.1, -0.05) is 0 Å². The van der Waals surface area contributed by atoms with Crippen molar-refractivity contribution in [1.82, 2.24) is 0 Å². The van der Waals surface area contributed by atoms with Crippen molar-refractivity contribution in [1.29, 1.82) is 0 Å². The summed E-state index contributed by atoms with van der Waals surface area (Å²) in [7, 11) is 0. The molecule has 0 radical (unpaired) electrons. The number of carboxylic acids is 1. The van der Waals surface area contributed by atoms with Crippen LogP contribution in [0.4, 0.5) is 8.78 Å². The Balaban J connectivity index is 2.50. The summed E-state index contributed by atoms with van der Waals surface area (Å²) in [4.78, 5) is 10.7. The molecule has 0 aliphatic carbocycles. The number of phenols is 1. The van der Waals surface area contributed by atoms with Crippen LogP contribution in [-0.2, 0) is 4.79 Å². The van der Waals surface area contributed by atoms with Crippen LogP contribution in [0, 0.1) is 0 Å². The normalized spacial score (nSPS) is 11.4. The van der Waals surface area contributed by atoms with E-state index in [1.807, 2.05) is 0 Å². The molecule has 0 amide bonds. The standard InChI is InChI=1S/C10H10F2O3S/c11-10(12,5-9(14)15)6-16-8-3-1-7(13)2-4-8/h1-4,13H,5-6H2,(H,14,15). The SMILES string of the molecule is O=C(O)CC(F)(F)CSc1ccc(O)cc1. The third kappa shape index (κ3) is 4.48. The van der Waals surface area contributed by atoms with E-state index in [1.165, 1.54) is 24.3 Å². The number of alkyl halides is 2. The van der Waals surface area contributed by atoms with E-state index in [0.717, 1.165) is 11.8 Å². The van der Waals surface area contributed by atoms with Crippen molar-refractivity contribution in [3.63, 3.8) is 0 Å². The molecule has 0 saturated heterocycles. The van der Waals surface area contributed by atoms with Gasteiger partial charge in [0.2, 0.25) is 0 Å². The fraction of sp³-hybridized carbons (Fsp3) is 0.300. The second-order valence-electron chi connectivity index (χ2n) is 3.21. The van der Waals surface area contributed by atoms with Crippen LogP contribution in [0.15, 0.2) is 29.2 Å². The van der Waals surface area contributed by atoms with Crippen molar-refractivity contribution >= 4 is 17.7 Å². The van der Waals surface area contributed by atoms with Crippen LogP contribution in [0.1, 0.15) is 6.42 Å². The zero-order chi connectivity index (χ0) is 12.2. The molecule has 0 aliphatic rings. The van der Waals surface area contributed by atoms with E-state index in [0.29, 0.717) is 4.90 Å². The lowest BCUT2D eigenvalue weighted by molar-refractivity contribution is -0.143. The number of phenolic OH excluding ortho intramolecular Hbond substituents is 1. The molecule has 0 aromatic heterocycles. The van der Waals surface area contributed by atoms with Crippen LogP contribution in [0.25, 0.3) is 0 Å². The number of aromatic hydroxyl groups is 1. The highest BCUT2D eigenvalue weighted by molar-refractivity contribution is 7.99. The maximum atomic E-state index is 13.0. The highest BCUT2D eigenvalue weighted by Crippen LogP contribution is 2.29. The van der Waals surface area contributed by atoms with Crippen LogP contribution < -0.4 is 0 Å². The molecule has 3 nitrogen and oxygen atoms in total. The third-order valence-electron chi connectivity index (χ3n) is 1.70. The monoisotopic (exact) mass is 248 g/mol. The first kappa shape index (κ1) is 12.8. The Morgan fingerprint density at radius 1 is 1.31 bits per heavy atom. The van der Waals surface area contributed by atoms with E-state index < -0.39 is 24.1 Å². The number of aliphatic carboxylic acids is 1. The molecule has 0 aliphatic heterocycles. The predicted molar refractivity (Wildman–Crippen MR) is 56.0 cm³/mol. The first-order chi connectivity index (χ1) is 7.39. The molecule has 0 saturated carbocycles. The molecule has 1 aromatic rings. The lowest BCUT2D eigenvalue weighted by atomic mass is 10.3. The number of rotatable bonds is 5. The topological polar surface area (TPSA) is 57.5 Å². The van der Waals surface area contributed by atoms with Crippen molar-refractivity contribution in [3.05, 3.63) is 24.3 Å². The van der Waals surface area contributed by atoms with E-state index >= 15 is 0 Å². The largest absolute Gasteiger partial charge is 0.508 e. The van der Waals surface area contributed by atoms with Crippen molar-refractivity contribution in [2.75, 3.05) is 5.75 Å². The van der Waals surface area contributed by atoms with Gasteiger partial charge in [0.15, 0.2) is 0 Å². The lowest BCUT2D eigenvalue weighted by Gasteiger charge is -2.13. The summed E-state index contributed by atoms with van der Waals surface area (Å²) in [5.74, 6) is -5.28. The highest BCUT2D eigenvalue weighted by atomic mass is 32.2. The Bertz CT molecular complexity index is 365. The molecule has 0 spiro atoms. The van der Waals surface area contributed by atoms with E-state index in [-0.39, 0.29) is 5.75 Å².